The van der Waals surface area contributed by atoms with Gasteiger partial charge in [0.25, 0.3) is 0 Å². The lowest BCUT2D eigenvalue weighted by Gasteiger charge is -2.27. The molecule has 0 bridgehead atoms. The maximum atomic E-state index is 5.28. The molecule has 1 saturated heterocycles. The van der Waals surface area contributed by atoms with E-state index in [-0.39, 0.29) is 0 Å². The summed E-state index contributed by atoms with van der Waals surface area (Å²) in [5.41, 5.74) is 0. The van der Waals surface area contributed by atoms with E-state index in [1.807, 2.05) is 0 Å². The largest absolute Gasteiger partial charge is 0.379 e. The molecule has 1 aliphatic rings. The topological polar surface area (TPSA) is 12.5 Å². The molecule has 2 heteroatoms. The van der Waals surface area contributed by atoms with Crippen molar-refractivity contribution in [3.63, 3.8) is 0 Å². The maximum Gasteiger partial charge on any atom is 0.0594 e. The monoisotopic (exact) mass is 153 g/mol. The van der Waals surface area contributed by atoms with Gasteiger partial charge in [-0.1, -0.05) is 6.92 Å². The SMILES string of the molecule is C#CC(C)CN1CCOCC1. The molecule has 1 atom stereocenters. The molecule has 0 aliphatic carbocycles. The second kappa shape index (κ2) is 4.38. The molecule has 1 unspecified atom stereocenters. The minimum absolute atomic E-state index is 0.369. The van der Waals surface area contributed by atoms with Crippen molar-refractivity contribution in [1.82, 2.24) is 4.90 Å². The number of hydrogen-bond donors (Lipinski definition) is 0. The minimum Gasteiger partial charge on any atom is -0.379 e. The Morgan fingerprint density at radius 2 is 2.18 bits per heavy atom. The van der Waals surface area contributed by atoms with Gasteiger partial charge in [-0.3, -0.25) is 4.90 Å². The van der Waals surface area contributed by atoms with Crippen molar-refractivity contribution in [1.29, 1.82) is 0 Å². The van der Waals surface area contributed by atoms with E-state index in [9.17, 15) is 0 Å². The van der Waals surface area contributed by atoms with Gasteiger partial charge in [0.15, 0.2) is 0 Å². The predicted molar refractivity (Wildman–Crippen MR) is 45.3 cm³/mol. The molecule has 11 heavy (non-hydrogen) atoms. The molecule has 0 spiro atoms. The normalized spacial score (nSPS) is 22.5. The van der Waals surface area contributed by atoms with Crippen LogP contribution in [-0.2, 0) is 4.74 Å². The van der Waals surface area contributed by atoms with Crippen LogP contribution in [0.5, 0.6) is 0 Å². The Hall–Kier alpha value is -0.520. The summed E-state index contributed by atoms with van der Waals surface area (Å²) in [4.78, 5) is 2.36. The fourth-order valence-corrected chi connectivity index (χ4v) is 1.22. The Labute approximate surface area is 68.5 Å². The van der Waals surface area contributed by atoms with Gasteiger partial charge < -0.3 is 4.74 Å². The minimum atomic E-state index is 0.369. The van der Waals surface area contributed by atoms with Crippen molar-refractivity contribution >= 4 is 0 Å². The molecule has 0 N–H and O–H groups in total. The quantitative estimate of drug-likeness (QED) is 0.538. The van der Waals surface area contributed by atoms with Gasteiger partial charge in [-0.25, -0.2) is 0 Å². The van der Waals surface area contributed by atoms with Crippen LogP contribution in [0.1, 0.15) is 6.92 Å². The van der Waals surface area contributed by atoms with Crippen LogP contribution < -0.4 is 0 Å². The number of morpholine rings is 1. The van der Waals surface area contributed by atoms with Crippen LogP contribution in [0.3, 0.4) is 0 Å². The van der Waals surface area contributed by atoms with Crippen LogP contribution >= 0.6 is 0 Å². The van der Waals surface area contributed by atoms with E-state index in [2.05, 4.69) is 17.7 Å². The number of hydrogen-bond acceptors (Lipinski definition) is 2. The van der Waals surface area contributed by atoms with Crippen molar-refractivity contribution in [3.05, 3.63) is 0 Å². The second-order valence-electron chi connectivity index (χ2n) is 2.98. The van der Waals surface area contributed by atoms with Crippen molar-refractivity contribution in [2.45, 2.75) is 6.92 Å². The van der Waals surface area contributed by atoms with Crippen molar-refractivity contribution in [3.8, 4) is 12.3 Å². The first-order chi connectivity index (χ1) is 5.33. The van der Waals surface area contributed by atoms with Gasteiger partial charge in [-0.05, 0) is 0 Å². The summed E-state index contributed by atoms with van der Waals surface area (Å²) in [6.45, 7) is 6.88. The molecule has 0 aromatic rings. The van der Waals surface area contributed by atoms with E-state index in [0.29, 0.717) is 5.92 Å². The zero-order valence-corrected chi connectivity index (χ0v) is 7.05. The first-order valence-electron chi connectivity index (χ1n) is 4.09. The average Bonchev–Trinajstić information content (AvgIpc) is 2.06. The molecule has 0 aromatic carbocycles. The number of terminal acetylenes is 1. The van der Waals surface area contributed by atoms with E-state index in [1.54, 1.807) is 0 Å². The predicted octanol–water partition coefficient (Wildman–Crippen LogP) is 0.588. The second-order valence-corrected chi connectivity index (χ2v) is 2.98. The van der Waals surface area contributed by atoms with Gasteiger partial charge >= 0.3 is 0 Å². The standard InChI is InChI=1S/C9H15NO/c1-3-9(2)8-10-4-6-11-7-5-10/h1,9H,4-8H2,2H3. The Morgan fingerprint density at radius 1 is 1.55 bits per heavy atom. The molecule has 1 aliphatic heterocycles. The molecular weight excluding hydrogens is 138 g/mol. The average molecular weight is 153 g/mol. The fourth-order valence-electron chi connectivity index (χ4n) is 1.22. The summed E-state index contributed by atoms with van der Waals surface area (Å²) < 4.78 is 5.22. The third-order valence-electron chi connectivity index (χ3n) is 1.92. The Morgan fingerprint density at radius 3 is 2.73 bits per heavy atom. The first-order valence-corrected chi connectivity index (χ1v) is 4.09. The summed E-state index contributed by atoms with van der Waals surface area (Å²) in [5.74, 6) is 3.10. The number of ether oxygens (including phenoxy) is 1. The fraction of sp³-hybridized carbons (Fsp3) is 0.778. The molecule has 1 fully saturated rings. The van der Waals surface area contributed by atoms with Gasteiger partial charge in [0.1, 0.15) is 0 Å². The molecule has 0 aromatic heterocycles. The Bertz CT molecular complexity index is 144. The van der Waals surface area contributed by atoms with Crippen LogP contribution in [0.15, 0.2) is 0 Å². The maximum absolute atomic E-state index is 5.28. The van der Waals surface area contributed by atoms with Gasteiger partial charge in [0.2, 0.25) is 0 Å². The number of rotatable bonds is 2. The summed E-state index contributed by atoms with van der Waals surface area (Å²) >= 11 is 0. The lowest BCUT2D eigenvalue weighted by atomic mass is 10.2. The lowest BCUT2D eigenvalue weighted by molar-refractivity contribution is 0.0347. The van der Waals surface area contributed by atoms with E-state index >= 15 is 0 Å². The molecule has 62 valence electrons. The van der Waals surface area contributed by atoms with Crippen LogP contribution in [0.2, 0.25) is 0 Å². The zero-order chi connectivity index (χ0) is 8.10. The first kappa shape index (κ1) is 8.58. The van der Waals surface area contributed by atoms with Gasteiger partial charge in [0, 0.05) is 25.6 Å². The van der Waals surface area contributed by atoms with Crippen LogP contribution in [0.25, 0.3) is 0 Å². The smallest absolute Gasteiger partial charge is 0.0594 e. The molecule has 1 rings (SSSR count). The molecule has 2 nitrogen and oxygen atoms in total. The van der Waals surface area contributed by atoms with Gasteiger partial charge in [-0.15, -0.1) is 12.3 Å². The molecule has 0 saturated carbocycles. The van der Waals surface area contributed by atoms with Crippen molar-refractivity contribution < 1.29 is 4.74 Å². The third-order valence-corrected chi connectivity index (χ3v) is 1.92. The van der Waals surface area contributed by atoms with Crippen molar-refractivity contribution in [2.24, 2.45) is 5.92 Å². The summed E-state index contributed by atoms with van der Waals surface area (Å²) in [6.07, 6.45) is 5.28. The highest BCUT2D eigenvalue weighted by molar-refractivity contribution is 4.91. The number of nitrogens with zero attached hydrogens (tertiary/aromatic N) is 1. The van der Waals surface area contributed by atoms with Crippen LogP contribution in [0, 0.1) is 18.3 Å². The van der Waals surface area contributed by atoms with Crippen LogP contribution in [0.4, 0.5) is 0 Å². The van der Waals surface area contributed by atoms with Gasteiger partial charge in [-0.2, -0.15) is 0 Å². The van der Waals surface area contributed by atoms with Crippen molar-refractivity contribution in [2.75, 3.05) is 32.8 Å². The van der Waals surface area contributed by atoms with E-state index in [0.717, 1.165) is 32.8 Å². The highest BCUT2D eigenvalue weighted by Crippen LogP contribution is 2.01. The zero-order valence-electron chi connectivity index (χ0n) is 7.05. The Kier molecular flexibility index (Phi) is 3.41. The van der Waals surface area contributed by atoms with Crippen LogP contribution in [-0.4, -0.2) is 37.7 Å². The van der Waals surface area contributed by atoms with Gasteiger partial charge in [0.05, 0.1) is 13.2 Å². The lowest BCUT2D eigenvalue weighted by Crippen LogP contribution is -2.38. The third kappa shape index (κ3) is 2.92. The Balaban J connectivity index is 2.20. The summed E-state index contributed by atoms with van der Waals surface area (Å²) in [5, 5.41) is 0. The van der Waals surface area contributed by atoms with E-state index < -0.39 is 0 Å². The van der Waals surface area contributed by atoms with E-state index in [4.69, 9.17) is 11.2 Å². The summed E-state index contributed by atoms with van der Waals surface area (Å²) in [7, 11) is 0. The molecule has 0 amide bonds. The highest BCUT2D eigenvalue weighted by Gasteiger charge is 2.11. The van der Waals surface area contributed by atoms with E-state index in [1.165, 1.54) is 0 Å². The molecule has 1 heterocycles. The summed E-state index contributed by atoms with van der Waals surface area (Å²) in [6, 6.07) is 0. The highest BCUT2D eigenvalue weighted by atomic mass is 16.5. The molecular formula is C9H15NO. The molecule has 0 radical (unpaired) electrons.